The summed E-state index contributed by atoms with van der Waals surface area (Å²) in [6.45, 7) is 0. The summed E-state index contributed by atoms with van der Waals surface area (Å²) in [5.74, 6) is 1.81. The zero-order valence-corrected chi connectivity index (χ0v) is 15.8. The molecule has 2 nitrogen and oxygen atoms in total. The first-order valence-corrected chi connectivity index (χ1v) is 10.3. The maximum Gasteiger partial charge on any atom is 0.163 e. The Labute approximate surface area is 161 Å². The summed E-state index contributed by atoms with van der Waals surface area (Å²) in [5, 5.41) is 10.4. The third-order valence-electron chi connectivity index (χ3n) is 4.00. The molecule has 2 aromatic carbocycles. The molecule has 0 aliphatic carbocycles. The Morgan fingerprint density at radius 2 is 1.72 bits per heavy atom. The second kappa shape index (κ2) is 8.62. The van der Waals surface area contributed by atoms with E-state index in [-0.39, 0.29) is 18.1 Å². The number of carbonyl (C=O) groups is 1. The molecule has 0 amide bonds. The summed E-state index contributed by atoms with van der Waals surface area (Å²) in [4.78, 5) is 12.8. The van der Waals surface area contributed by atoms with Crippen molar-refractivity contribution in [2.45, 2.75) is 12.3 Å². The van der Waals surface area contributed by atoms with Crippen molar-refractivity contribution in [2.75, 3.05) is 11.5 Å². The zero-order chi connectivity index (χ0) is 17.6. The molecule has 0 bridgehead atoms. The first kappa shape index (κ1) is 18.1. The third kappa shape index (κ3) is 4.49. The lowest BCUT2D eigenvalue weighted by Gasteiger charge is -2.18. The molecule has 1 atom stereocenters. The predicted octanol–water partition coefficient (Wildman–Crippen LogP) is 5.91. The number of halogens is 1. The van der Waals surface area contributed by atoms with Gasteiger partial charge in [0, 0.05) is 34.4 Å². The number of Topliss-reactive ketones (excluding diaryl/α,β-unsaturated/α-hetero) is 1. The first-order valence-electron chi connectivity index (χ1n) is 7.92. The zero-order valence-electron chi connectivity index (χ0n) is 13.4. The molecule has 0 spiro atoms. The first-order chi connectivity index (χ1) is 12.2. The van der Waals surface area contributed by atoms with E-state index in [4.69, 9.17) is 11.6 Å². The number of thioether (sulfide) groups is 2. The minimum atomic E-state index is -0.247. The summed E-state index contributed by atoms with van der Waals surface area (Å²) in [7, 11) is 0. The maximum atomic E-state index is 12.8. The molecule has 5 heteroatoms. The Bertz CT molecular complexity index is 817. The van der Waals surface area contributed by atoms with E-state index in [0.29, 0.717) is 16.2 Å². The summed E-state index contributed by atoms with van der Waals surface area (Å²) in [5.41, 5.74) is 2.32. The third-order valence-corrected chi connectivity index (χ3v) is 6.99. The van der Waals surface area contributed by atoms with Crippen molar-refractivity contribution in [1.82, 2.24) is 0 Å². The van der Waals surface area contributed by atoms with Crippen LogP contribution in [0.4, 0.5) is 0 Å². The summed E-state index contributed by atoms with van der Waals surface area (Å²) in [6.07, 6.45) is 0.277. The number of benzene rings is 2. The van der Waals surface area contributed by atoms with Crippen molar-refractivity contribution < 1.29 is 4.79 Å². The maximum absolute atomic E-state index is 12.8. The minimum Gasteiger partial charge on any atom is -0.294 e. The highest BCUT2D eigenvalue weighted by Crippen LogP contribution is 2.44. The van der Waals surface area contributed by atoms with E-state index in [2.05, 4.69) is 6.07 Å². The van der Waals surface area contributed by atoms with E-state index in [0.717, 1.165) is 21.3 Å². The van der Waals surface area contributed by atoms with E-state index in [1.165, 1.54) is 0 Å². The van der Waals surface area contributed by atoms with E-state index < -0.39 is 0 Å². The highest BCUT2D eigenvalue weighted by atomic mass is 35.5. The molecule has 2 aromatic rings. The average molecular weight is 386 g/mol. The Balaban J connectivity index is 1.97. The lowest BCUT2D eigenvalue weighted by Crippen LogP contribution is -2.10. The van der Waals surface area contributed by atoms with Gasteiger partial charge in [0.2, 0.25) is 0 Å². The van der Waals surface area contributed by atoms with E-state index in [9.17, 15) is 10.1 Å². The molecular formula is C20H16ClNOS2. The number of rotatable bonds is 5. The Kier molecular flexibility index (Phi) is 6.25. The molecule has 0 saturated carbocycles. The van der Waals surface area contributed by atoms with Crippen LogP contribution >= 0.6 is 35.1 Å². The molecule has 0 radical (unpaired) electrons. The van der Waals surface area contributed by atoms with Crippen LogP contribution in [0.2, 0.25) is 5.02 Å². The Morgan fingerprint density at radius 3 is 2.32 bits per heavy atom. The number of nitrogens with zero attached hydrogens (tertiary/aromatic N) is 1. The van der Waals surface area contributed by atoms with Crippen molar-refractivity contribution in [3.8, 4) is 6.07 Å². The van der Waals surface area contributed by atoms with Gasteiger partial charge in [-0.25, -0.2) is 0 Å². The van der Waals surface area contributed by atoms with Crippen LogP contribution in [0, 0.1) is 11.3 Å². The molecule has 1 aliphatic heterocycles. The monoisotopic (exact) mass is 385 g/mol. The van der Waals surface area contributed by atoms with Crippen LogP contribution in [0.1, 0.15) is 28.3 Å². The van der Waals surface area contributed by atoms with Crippen molar-refractivity contribution in [3.63, 3.8) is 0 Å². The second-order valence-corrected chi connectivity index (χ2v) is 8.51. The molecule has 0 aromatic heterocycles. The lowest BCUT2D eigenvalue weighted by atomic mass is 9.86. The second-order valence-electron chi connectivity index (χ2n) is 5.61. The van der Waals surface area contributed by atoms with Crippen LogP contribution in [0.15, 0.2) is 64.4 Å². The van der Waals surface area contributed by atoms with Gasteiger partial charge < -0.3 is 0 Å². The number of carbonyl (C=O) groups excluding carboxylic acids is 1. The number of nitriles is 1. The predicted molar refractivity (Wildman–Crippen MR) is 107 cm³/mol. The molecule has 1 heterocycles. The quantitative estimate of drug-likeness (QED) is 0.473. The average Bonchev–Trinajstić information content (AvgIpc) is 3.17. The molecule has 126 valence electrons. The molecule has 0 N–H and O–H groups in total. The number of allylic oxidation sites excluding steroid dienone is 1. The van der Waals surface area contributed by atoms with Gasteiger partial charge in [0.15, 0.2) is 5.78 Å². The van der Waals surface area contributed by atoms with Gasteiger partial charge in [-0.15, -0.1) is 23.5 Å². The standard InChI is InChI=1S/C20H16ClNOS2/c21-16-8-6-14(7-9-16)17(18(13-22)20-24-10-11-25-20)12-19(23)15-4-2-1-3-5-15/h1-9,17H,10-12H2. The van der Waals surface area contributed by atoms with E-state index in [1.807, 2.05) is 54.6 Å². The van der Waals surface area contributed by atoms with Crippen LogP contribution in [0.5, 0.6) is 0 Å². The highest BCUT2D eigenvalue weighted by Gasteiger charge is 2.26. The molecule has 1 aliphatic rings. The summed E-state index contributed by atoms with van der Waals surface area (Å²) in [6, 6.07) is 19.1. The minimum absolute atomic E-state index is 0.0434. The fraction of sp³-hybridized carbons (Fsp3) is 0.200. The number of hydrogen-bond acceptors (Lipinski definition) is 4. The fourth-order valence-electron chi connectivity index (χ4n) is 2.74. The van der Waals surface area contributed by atoms with Gasteiger partial charge in [0.1, 0.15) is 0 Å². The molecule has 25 heavy (non-hydrogen) atoms. The molecule has 3 rings (SSSR count). The van der Waals surface area contributed by atoms with Crippen molar-refractivity contribution in [3.05, 3.63) is 80.6 Å². The topological polar surface area (TPSA) is 40.9 Å². The van der Waals surface area contributed by atoms with E-state index >= 15 is 0 Å². The largest absolute Gasteiger partial charge is 0.294 e. The molecule has 1 fully saturated rings. The normalized spacial score (nSPS) is 14.8. The van der Waals surface area contributed by atoms with Gasteiger partial charge >= 0.3 is 0 Å². The van der Waals surface area contributed by atoms with Crippen LogP contribution in [-0.4, -0.2) is 17.3 Å². The molecule has 1 unspecified atom stereocenters. The van der Waals surface area contributed by atoms with Gasteiger partial charge in [-0.05, 0) is 17.7 Å². The van der Waals surface area contributed by atoms with Crippen LogP contribution in [0.3, 0.4) is 0 Å². The smallest absolute Gasteiger partial charge is 0.163 e. The number of hydrogen-bond donors (Lipinski definition) is 0. The van der Waals surface area contributed by atoms with Crippen LogP contribution in [-0.2, 0) is 0 Å². The van der Waals surface area contributed by atoms with Crippen molar-refractivity contribution in [1.29, 1.82) is 5.26 Å². The van der Waals surface area contributed by atoms with Crippen molar-refractivity contribution >= 4 is 40.9 Å². The highest BCUT2D eigenvalue weighted by molar-refractivity contribution is 8.25. The van der Waals surface area contributed by atoms with Gasteiger partial charge in [0.05, 0.1) is 15.9 Å². The molecular weight excluding hydrogens is 370 g/mol. The van der Waals surface area contributed by atoms with E-state index in [1.54, 1.807) is 23.5 Å². The van der Waals surface area contributed by atoms with Gasteiger partial charge in [-0.1, -0.05) is 54.1 Å². The van der Waals surface area contributed by atoms with Crippen molar-refractivity contribution in [2.24, 2.45) is 0 Å². The SMILES string of the molecule is N#CC(=C1SCCS1)C(CC(=O)c1ccccc1)c1ccc(Cl)cc1. The summed E-state index contributed by atoms with van der Waals surface area (Å²) < 4.78 is 1.04. The van der Waals surface area contributed by atoms with Gasteiger partial charge in [-0.3, -0.25) is 4.79 Å². The number of ketones is 1. The summed E-state index contributed by atoms with van der Waals surface area (Å²) >= 11 is 9.42. The lowest BCUT2D eigenvalue weighted by molar-refractivity contribution is 0.0977. The molecule has 1 saturated heterocycles. The Hall–Kier alpha value is -1.67. The van der Waals surface area contributed by atoms with Gasteiger partial charge in [-0.2, -0.15) is 5.26 Å². The Morgan fingerprint density at radius 1 is 1.08 bits per heavy atom. The van der Waals surface area contributed by atoms with Gasteiger partial charge in [0.25, 0.3) is 0 Å². The van der Waals surface area contributed by atoms with Crippen LogP contribution in [0.25, 0.3) is 0 Å². The van der Waals surface area contributed by atoms with Crippen LogP contribution < -0.4 is 0 Å². The fourth-order valence-corrected chi connectivity index (χ4v) is 5.42.